The maximum Gasteiger partial charge on any atom is 0.129 e. The van der Waals surface area contributed by atoms with E-state index in [1.165, 1.54) is 6.21 Å². The summed E-state index contributed by atoms with van der Waals surface area (Å²) in [5.74, 6) is 0.0758. The zero-order valence-corrected chi connectivity index (χ0v) is 13.9. The summed E-state index contributed by atoms with van der Waals surface area (Å²) < 4.78 is 17.7. The van der Waals surface area contributed by atoms with Crippen molar-refractivity contribution in [1.29, 1.82) is 0 Å². The molecule has 3 rings (SSSR count). The molecule has 1 aromatic carbocycles. The fraction of sp³-hybridized carbons (Fsp3) is 0.444. The van der Waals surface area contributed by atoms with Gasteiger partial charge in [-0.25, -0.2) is 0 Å². The summed E-state index contributed by atoms with van der Waals surface area (Å²) >= 11 is 0. The Balaban J connectivity index is 1.74. The van der Waals surface area contributed by atoms with Gasteiger partial charge in [-0.15, -0.1) is 6.58 Å². The van der Waals surface area contributed by atoms with E-state index < -0.39 is 18.3 Å². The quantitative estimate of drug-likeness (QED) is 0.337. The summed E-state index contributed by atoms with van der Waals surface area (Å²) in [4.78, 5) is 5.20. The molecule has 0 aromatic heterocycles. The van der Waals surface area contributed by atoms with Crippen LogP contribution in [0, 0.1) is 5.92 Å². The maximum atomic E-state index is 9.04. The van der Waals surface area contributed by atoms with Crippen LogP contribution < -0.4 is 0 Å². The summed E-state index contributed by atoms with van der Waals surface area (Å²) in [5, 5.41) is 16.3. The predicted octanol–water partition coefficient (Wildman–Crippen LogP) is 2.00. The van der Waals surface area contributed by atoms with Crippen LogP contribution in [0.1, 0.15) is 5.56 Å². The van der Waals surface area contributed by atoms with E-state index in [-0.39, 0.29) is 5.92 Å². The minimum Gasteiger partial charge on any atom is -0.411 e. The topological polar surface area (TPSA) is 81.9 Å². The van der Waals surface area contributed by atoms with Gasteiger partial charge in [0.2, 0.25) is 0 Å². The molecule has 1 aromatic rings. The van der Waals surface area contributed by atoms with Crippen molar-refractivity contribution in [2.24, 2.45) is 16.2 Å². The van der Waals surface area contributed by atoms with Gasteiger partial charge >= 0.3 is 0 Å². The van der Waals surface area contributed by atoms with E-state index in [1.807, 2.05) is 30.3 Å². The monoisotopic (exact) mass is 346 g/mol. The SMILES string of the molecule is C=CCO[C@@H]1C2=NOC[C@H]2CO[C@@H]1[C@@H](/C=N/O)OCc1ccccc1. The fourth-order valence-corrected chi connectivity index (χ4v) is 2.94. The van der Waals surface area contributed by atoms with E-state index in [4.69, 9.17) is 24.3 Å². The van der Waals surface area contributed by atoms with Crippen LogP contribution in [0.4, 0.5) is 0 Å². The van der Waals surface area contributed by atoms with Crippen LogP contribution in [-0.2, 0) is 25.7 Å². The van der Waals surface area contributed by atoms with Crippen LogP contribution in [0.25, 0.3) is 0 Å². The predicted molar refractivity (Wildman–Crippen MR) is 91.9 cm³/mol. The first kappa shape index (κ1) is 17.6. The van der Waals surface area contributed by atoms with E-state index in [1.54, 1.807) is 6.08 Å². The van der Waals surface area contributed by atoms with Crippen LogP contribution >= 0.6 is 0 Å². The normalized spacial score (nSPS) is 26.7. The molecule has 2 aliphatic rings. The number of benzene rings is 1. The Morgan fingerprint density at radius 3 is 2.96 bits per heavy atom. The van der Waals surface area contributed by atoms with Gasteiger partial charge in [-0.05, 0) is 5.56 Å². The lowest BCUT2D eigenvalue weighted by atomic mass is 9.91. The minimum atomic E-state index is -0.593. The molecule has 4 atom stereocenters. The molecule has 2 heterocycles. The number of ether oxygens (including phenoxy) is 3. The summed E-state index contributed by atoms with van der Waals surface area (Å²) in [7, 11) is 0. The van der Waals surface area contributed by atoms with Gasteiger partial charge < -0.3 is 24.3 Å². The third-order valence-corrected chi connectivity index (χ3v) is 4.16. The van der Waals surface area contributed by atoms with Crippen molar-refractivity contribution in [3.05, 3.63) is 48.6 Å². The molecule has 1 N–H and O–H groups in total. The molecule has 0 amide bonds. The van der Waals surface area contributed by atoms with E-state index in [0.29, 0.717) is 26.4 Å². The summed E-state index contributed by atoms with van der Waals surface area (Å²) in [6.07, 6.45) is 1.45. The minimum absolute atomic E-state index is 0.0758. The second kappa shape index (κ2) is 8.75. The third kappa shape index (κ3) is 4.25. The van der Waals surface area contributed by atoms with Crippen LogP contribution in [0.2, 0.25) is 0 Å². The van der Waals surface area contributed by atoms with Crippen molar-refractivity contribution in [3.63, 3.8) is 0 Å². The van der Waals surface area contributed by atoms with Gasteiger partial charge in [0, 0.05) is 0 Å². The Morgan fingerprint density at radius 1 is 1.36 bits per heavy atom. The van der Waals surface area contributed by atoms with Crippen LogP contribution in [0.3, 0.4) is 0 Å². The highest BCUT2D eigenvalue weighted by molar-refractivity contribution is 5.93. The molecule has 7 heteroatoms. The van der Waals surface area contributed by atoms with Crippen molar-refractivity contribution < 1.29 is 24.3 Å². The summed E-state index contributed by atoms with van der Waals surface area (Å²) in [6.45, 7) is 5.33. The lowest BCUT2D eigenvalue weighted by Gasteiger charge is -2.36. The van der Waals surface area contributed by atoms with E-state index in [2.05, 4.69) is 16.9 Å². The Hall–Kier alpha value is -2.22. The highest BCUT2D eigenvalue weighted by Gasteiger charge is 2.45. The largest absolute Gasteiger partial charge is 0.411 e. The number of rotatable bonds is 8. The maximum absolute atomic E-state index is 9.04. The number of nitrogens with zero attached hydrogens (tertiary/aromatic N) is 2. The second-order valence-corrected chi connectivity index (χ2v) is 5.88. The van der Waals surface area contributed by atoms with Crippen molar-refractivity contribution >= 4 is 11.9 Å². The molecule has 0 radical (unpaired) electrons. The molecule has 2 aliphatic heterocycles. The Labute approximate surface area is 146 Å². The standard InChI is InChI=1S/C18H22N2O5/c1-2-8-22-18-16-14(12-25-20-16)11-24-17(18)15(9-19-21)23-10-13-6-4-3-5-7-13/h2-7,9,14-15,17-18,21H,1,8,10-12H2/b19-9+/t14-,15-,17-,18-/m1/s1. The van der Waals surface area contributed by atoms with Gasteiger partial charge in [-0.2, -0.15) is 0 Å². The van der Waals surface area contributed by atoms with Crippen molar-refractivity contribution in [1.82, 2.24) is 0 Å². The molecular formula is C18H22N2O5. The van der Waals surface area contributed by atoms with Crippen molar-refractivity contribution in [2.45, 2.75) is 24.9 Å². The van der Waals surface area contributed by atoms with Crippen LogP contribution in [-0.4, -0.2) is 55.3 Å². The van der Waals surface area contributed by atoms with Crippen LogP contribution in [0.5, 0.6) is 0 Å². The number of hydrogen-bond acceptors (Lipinski definition) is 7. The molecule has 0 aliphatic carbocycles. The molecule has 134 valence electrons. The fourth-order valence-electron chi connectivity index (χ4n) is 2.94. The highest BCUT2D eigenvalue weighted by Crippen LogP contribution is 2.27. The molecule has 1 saturated heterocycles. The first-order chi connectivity index (χ1) is 12.3. The summed E-state index contributed by atoms with van der Waals surface area (Å²) in [5.41, 5.74) is 1.82. The van der Waals surface area contributed by atoms with E-state index in [9.17, 15) is 0 Å². The average Bonchev–Trinajstić information content (AvgIpc) is 3.13. The summed E-state index contributed by atoms with van der Waals surface area (Å²) in [6, 6.07) is 9.75. The van der Waals surface area contributed by atoms with Gasteiger partial charge in [-0.3, -0.25) is 0 Å². The lowest BCUT2D eigenvalue weighted by molar-refractivity contribution is -0.115. The Kier molecular flexibility index (Phi) is 6.16. The lowest BCUT2D eigenvalue weighted by Crippen LogP contribution is -2.54. The molecule has 0 unspecified atom stereocenters. The smallest absolute Gasteiger partial charge is 0.129 e. The van der Waals surface area contributed by atoms with E-state index in [0.717, 1.165) is 11.3 Å². The van der Waals surface area contributed by atoms with Gasteiger partial charge in [-0.1, -0.05) is 46.7 Å². The van der Waals surface area contributed by atoms with Crippen LogP contribution in [0.15, 0.2) is 53.3 Å². The van der Waals surface area contributed by atoms with Crippen molar-refractivity contribution in [2.75, 3.05) is 19.8 Å². The molecule has 7 nitrogen and oxygen atoms in total. The average molecular weight is 346 g/mol. The third-order valence-electron chi connectivity index (χ3n) is 4.16. The van der Waals surface area contributed by atoms with Crippen molar-refractivity contribution in [3.8, 4) is 0 Å². The van der Waals surface area contributed by atoms with Gasteiger partial charge in [0.15, 0.2) is 0 Å². The molecule has 1 fully saturated rings. The Bertz CT molecular complexity index is 619. The molecule has 0 saturated carbocycles. The first-order valence-electron chi connectivity index (χ1n) is 8.20. The van der Waals surface area contributed by atoms with E-state index >= 15 is 0 Å². The molecular weight excluding hydrogens is 324 g/mol. The molecule has 0 bridgehead atoms. The zero-order valence-electron chi connectivity index (χ0n) is 13.9. The first-order valence-corrected chi connectivity index (χ1v) is 8.20. The Morgan fingerprint density at radius 2 is 2.20 bits per heavy atom. The number of oxime groups is 2. The number of hydrogen-bond donors (Lipinski definition) is 1. The van der Waals surface area contributed by atoms with Gasteiger partial charge in [0.25, 0.3) is 0 Å². The highest BCUT2D eigenvalue weighted by atomic mass is 16.6. The molecule has 0 spiro atoms. The second-order valence-electron chi connectivity index (χ2n) is 5.88. The van der Waals surface area contributed by atoms with Gasteiger partial charge in [0.05, 0.1) is 37.7 Å². The molecule has 25 heavy (non-hydrogen) atoms. The number of fused-ring (bicyclic) bond motifs is 1. The van der Waals surface area contributed by atoms with Gasteiger partial charge in [0.1, 0.15) is 24.9 Å². The zero-order chi connectivity index (χ0) is 17.5.